The van der Waals surface area contributed by atoms with E-state index < -0.39 is 5.41 Å². The van der Waals surface area contributed by atoms with Gasteiger partial charge < -0.3 is 14.2 Å². The molecule has 36 heavy (non-hydrogen) atoms. The van der Waals surface area contributed by atoms with Crippen molar-refractivity contribution in [3.8, 4) is 0 Å². The van der Waals surface area contributed by atoms with Crippen LogP contribution in [-0.4, -0.2) is 43.0 Å². The second kappa shape index (κ2) is 9.94. The summed E-state index contributed by atoms with van der Waals surface area (Å²) in [6, 6.07) is 0. The monoisotopic (exact) mass is 502 g/mol. The summed E-state index contributed by atoms with van der Waals surface area (Å²) in [5.41, 5.74) is 0.422. The predicted octanol–water partition coefficient (Wildman–Crippen LogP) is 4.81. The number of methoxy groups -OCH3 is 1. The van der Waals surface area contributed by atoms with E-state index in [0.717, 1.165) is 44.1 Å². The topological polar surface area (TPSA) is 96.0 Å². The molecule has 0 aliphatic heterocycles. The highest BCUT2D eigenvalue weighted by Gasteiger charge is 2.64. The fourth-order valence-electron chi connectivity index (χ4n) is 8.49. The first-order valence-corrected chi connectivity index (χ1v) is 13.6. The van der Waals surface area contributed by atoms with Crippen molar-refractivity contribution in [1.82, 2.24) is 0 Å². The van der Waals surface area contributed by atoms with E-state index in [9.17, 15) is 19.2 Å². The number of fused-ring (bicyclic) bond motifs is 5. The van der Waals surface area contributed by atoms with E-state index in [-0.39, 0.29) is 70.9 Å². The predicted molar refractivity (Wildman–Crippen MR) is 132 cm³/mol. The van der Waals surface area contributed by atoms with Crippen molar-refractivity contribution in [3.05, 3.63) is 11.6 Å². The van der Waals surface area contributed by atoms with Crippen LogP contribution in [0.1, 0.15) is 86.0 Å². The van der Waals surface area contributed by atoms with Crippen molar-refractivity contribution in [2.24, 2.45) is 40.4 Å². The maximum Gasteiger partial charge on any atom is 0.305 e. The van der Waals surface area contributed by atoms with Crippen molar-refractivity contribution in [2.45, 2.75) is 98.2 Å². The van der Waals surface area contributed by atoms with Gasteiger partial charge in [-0.3, -0.25) is 19.2 Å². The molecule has 0 N–H and O–H groups in total. The van der Waals surface area contributed by atoms with Gasteiger partial charge in [0.2, 0.25) is 0 Å². The summed E-state index contributed by atoms with van der Waals surface area (Å²) in [5, 5.41) is 0. The normalized spacial score (nSPS) is 40.2. The summed E-state index contributed by atoms with van der Waals surface area (Å²) in [6.07, 6.45) is 7.43. The largest absolute Gasteiger partial charge is 0.469 e. The maximum atomic E-state index is 14.0. The average Bonchev–Trinajstić information content (AvgIpc) is 3.16. The fraction of sp³-hybridized carbons (Fsp3) is 0.793. The lowest BCUT2D eigenvalue weighted by atomic mass is 9.47. The average molecular weight is 503 g/mol. The Morgan fingerprint density at radius 2 is 1.75 bits per heavy atom. The van der Waals surface area contributed by atoms with Gasteiger partial charge in [-0.05, 0) is 80.1 Å². The zero-order chi connectivity index (χ0) is 26.4. The zero-order valence-corrected chi connectivity index (χ0v) is 22.6. The Bertz CT molecular complexity index is 953. The first-order valence-electron chi connectivity index (χ1n) is 13.6. The molecule has 7 unspecified atom stereocenters. The van der Waals surface area contributed by atoms with Gasteiger partial charge in [0.1, 0.15) is 12.2 Å². The van der Waals surface area contributed by atoms with Gasteiger partial charge in [-0.25, -0.2) is 0 Å². The number of rotatable bonds is 6. The van der Waals surface area contributed by atoms with E-state index in [1.807, 2.05) is 6.08 Å². The van der Waals surface area contributed by atoms with Crippen molar-refractivity contribution >= 4 is 23.7 Å². The van der Waals surface area contributed by atoms with Crippen LogP contribution in [0.3, 0.4) is 0 Å². The molecule has 0 spiro atoms. The number of ether oxygens (including phenoxy) is 3. The molecular formula is C29H42O7. The fourth-order valence-corrected chi connectivity index (χ4v) is 8.49. The standard InChI is InChI=1S/C29H42O7/c1-16(7-10-26(33)34-6)21-8-9-22-27-23(15-25(32)29(21,22)5)28(4)12-11-20(35-17(2)30)13-19(28)14-24(27)36-18(3)31/h15-16,19-22,24,27H,7-14H2,1-6H3/t16?,19?,20-,21?,22?,24-,27?,28?,29?/m1/s1. The van der Waals surface area contributed by atoms with E-state index in [1.54, 1.807) is 0 Å². The highest BCUT2D eigenvalue weighted by molar-refractivity contribution is 5.97. The Labute approximate surface area is 214 Å². The summed E-state index contributed by atoms with van der Waals surface area (Å²) >= 11 is 0. The molecule has 3 fully saturated rings. The van der Waals surface area contributed by atoms with Gasteiger partial charge in [0, 0.05) is 31.6 Å². The zero-order valence-electron chi connectivity index (χ0n) is 22.6. The van der Waals surface area contributed by atoms with E-state index in [0.29, 0.717) is 12.8 Å². The van der Waals surface area contributed by atoms with Crippen LogP contribution in [0.15, 0.2) is 11.6 Å². The lowest BCUT2D eigenvalue weighted by Crippen LogP contribution is -2.57. The molecule has 0 aromatic heterocycles. The van der Waals surface area contributed by atoms with Crippen LogP contribution >= 0.6 is 0 Å². The number of esters is 3. The second-order valence-electron chi connectivity index (χ2n) is 12.2. The summed E-state index contributed by atoms with van der Waals surface area (Å²) in [5.74, 6) is 0.0587. The Balaban J connectivity index is 1.67. The Hall–Kier alpha value is -2.18. The summed E-state index contributed by atoms with van der Waals surface area (Å²) in [7, 11) is 1.41. The summed E-state index contributed by atoms with van der Waals surface area (Å²) in [6.45, 7) is 9.41. The van der Waals surface area contributed by atoms with Crippen molar-refractivity contribution in [1.29, 1.82) is 0 Å². The highest BCUT2D eigenvalue weighted by atomic mass is 16.5. The van der Waals surface area contributed by atoms with Crippen LogP contribution in [0.25, 0.3) is 0 Å². The molecule has 200 valence electrons. The van der Waals surface area contributed by atoms with E-state index in [1.165, 1.54) is 21.0 Å². The van der Waals surface area contributed by atoms with Crippen LogP contribution in [0.4, 0.5) is 0 Å². The van der Waals surface area contributed by atoms with Crippen LogP contribution < -0.4 is 0 Å². The van der Waals surface area contributed by atoms with Gasteiger partial charge in [-0.1, -0.05) is 26.3 Å². The molecule has 0 heterocycles. The van der Waals surface area contributed by atoms with Crippen LogP contribution in [0.5, 0.6) is 0 Å². The number of ketones is 1. The third kappa shape index (κ3) is 4.51. The van der Waals surface area contributed by atoms with Gasteiger partial charge in [-0.15, -0.1) is 0 Å². The van der Waals surface area contributed by atoms with Crippen LogP contribution in [0, 0.1) is 40.4 Å². The maximum absolute atomic E-state index is 14.0. The lowest BCUT2D eigenvalue weighted by Gasteiger charge is -2.58. The molecule has 9 atom stereocenters. The Morgan fingerprint density at radius 1 is 1.06 bits per heavy atom. The third-order valence-electron chi connectivity index (χ3n) is 10.3. The molecule has 0 aromatic carbocycles. The Morgan fingerprint density at radius 3 is 2.39 bits per heavy atom. The Kier molecular flexibility index (Phi) is 7.42. The van der Waals surface area contributed by atoms with E-state index in [2.05, 4.69) is 20.8 Å². The molecule has 4 aliphatic rings. The minimum absolute atomic E-state index is 0.0148. The molecule has 0 amide bonds. The van der Waals surface area contributed by atoms with Crippen molar-refractivity contribution in [2.75, 3.05) is 7.11 Å². The molecule has 4 aliphatic carbocycles. The van der Waals surface area contributed by atoms with Gasteiger partial charge in [0.15, 0.2) is 5.78 Å². The molecule has 0 bridgehead atoms. The first kappa shape index (κ1) is 26.9. The van der Waals surface area contributed by atoms with Crippen molar-refractivity contribution < 1.29 is 33.4 Å². The minimum Gasteiger partial charge on any atom is -0.469 e. The minimum atomic E-state index is -0.541. The molecule has 0 aromatic rings. The molecular weight excluding hydrogens is 460 g/mol. The smallest absolute Gasteiger partial charge is 0.305 e. The quantitative estimate of drug-likeness (QED) is 0.380. The van der Waals surface area contributed by atoms with Gasteiger partial charge in [0.05, 0.1) is 7.11 Å². The van der Waals surface area contributed by atoms with Crippen molar-refractivity contribution in [3.63, 3.8) is 0 Å². The molecule has 0 radical (unpaired) electrons. The van der Waals surface area contributed by atoms with Crippen LogP contribution in [-0.2, 0) is 33.4 Å². The highest BCUT2D eigenvalue weighted by Crippen LogP contribution is 2.66. The third-order valence-corrected chi connectivity index (χ3v) is 10.3. The molecule has 0 saturated heterocycles. The summed E-state index contributed by atoms with van der Waals surface area (Å²) < 4.78 is 16.4. The first-order chi connectivity index (χ1) is 16.9. The number of carbonyl (C=O) groups excluding carboxylic acids is 4. The lowest BCUT2D eigenvalue weighted by molar-refractivity contribution is -0.162. The number of hydrogen-bond acceptors (Lipinski definition) is 7. The van der Waals surface area contributed by atoms with Gasteiger partial charge in [0.25, 0.3) is 0 Å². The molecule has 7 heteroatoms. The number of carbonyl (C=O) groups is 4. The SMILES string of the molecule is COC(=O)CCC(C)C1CCC2C3C(=CC(=O)C12C)C1(C)CC[C@@H](OC(C)=O)CC1C[C@H]3OC(C)=O. The molecule has 7 nitrogen and oxygen atoms in total. The van der Waals surface area contributed by atoms with Gasteiger partial charge >= 0.3 is 17.9 Å². The number of allylic oxidation sites excluding steroid dienone is 1. The van der Waals surface area contributed by atoms with E-state index >= 15 is 0 Å². The second-order valence-corrected chi connectivity index (χ2v) is 12.2. The van der Waals surface area contributed by atoms with Crippen LogP contribution in [0.2, 0.25) is 0 Å². The summed E-state index contributed by atoms with van der Waals surface area (Å²) in [4.78, 5) is 49.5. The van der Waals surface area contributed by atoms with Gasteiger partial charge in [-0.2, -0.15) is 0 Å². The molecule has 3 saturated carbocycles. The number of hydrogen-bond donors (Lipinski definition) is 0. The molecule has 4 rings (SSSR count). The van der Waals surface area contributed by atoms with E-state index in [4.69, 9.17) is 14.2 Å².